The maximum Gasteiger partial charge on any atom is 0.410 e. The SMILES string of the molecule is NC[C@H]1CC[C@@H]1OC(=O)N1CCc2ccccc2[C@@H]1c1ccc(F)cc1. The van der Waals surface area contributed by atoms with Crippen molar-refractivity contribution in [3.05, 3.63) is 71.0 Å². The molecule has 5 heteroatoms. The molecule has 2 aromatic carbocycles. The van der Waals surface area contributed by atoms with Gasteiger partial charge >= 0.3 is 6.09 Å². The Kier molecular flexibility index (Phi) is 4.64. The van der Waals surface area contributed by atoms with E-state index in [9.17, 15) is 9.18 Å². The van der Waals surface area contributed by atoms with E-state index in [0.717, 1.165) is 30.4 Å². The summed E-state index contributed by atoms with van der Waals surface area (Å²) in [6.07, 6.45) is 2.28. The third-order valence-electron chi connectivity index (χ3n) is 5.61. The summed E-state index contributed by atoms with van der Waals surface area (Å²) in [7, 11) is 0. The molecule has 1 aliphatic heterocycles. The van der Waals surface area contributed by atoms with Gasteiger partial charge in [-0.05, 0) is 54.6 Å². The molecule has 4 rings (SSSR count). The molecule has 0 saturated heterocycles. The lowest BCUT2D eigenvalue weighted by atomic mass is 9.82. The molecular formula is C21H23FN2O2. The predicted octanol–water partition coefficient (Wildman–Crippen LogP) is 3.65. The van der Waals surface area contributed by atoms with E-state index in [0.29, 0.717) is 13.1 Å². The van der Waals surface area contributed by atoms with Gasteiger partial charge in [0.1, 0.15) is 11.9 Å². The molecular weight excluding hydrogens is 331 g/mol. The first kappa shape index (κ1) is 17.0. The normalized spacial score (nSPS) is 24.5. The van der Waals surface area contributed by atoms with E-state index in [-0.39, 0.29) is 30.0 Å². The maximum atomic E-state index is 13.4. The Labute approximate surface area is 152 Å². The monoisotopic (exact) mass is 354 g/mol. The second kappa shape index (κ2) is 7.08. The Morgan fingerprint density at radius 2 is 1.92 bits per heavy atom. The van der Waals surface area contributed by atoms with E-state index in [4.69, 9.17) is 10.5 Å². The summed E-state index contributed by atoms with van der Waals surface area (Å²) in [6.45, 7) is 1.13. The van der Waals surface area contributed by atoms with Crippen molar-refractivity contribution in [1.29, 1.82) is 0 Å². The second-order valence-corrected chi connectivity index (χ2v) is 7.09. The highest BCUT2D eigenvalue weighted by Gasteiger charge is 2.38. The number of ether oxygens (including phenoxy) is 1. The van der Waals surface area contributed by atoms with Gasteiger partial charge in [0.2, 0.25) is 0 Å². The van der Waals surface area contributed by atoms with Crippen LogP contribution in [-0.2, 0) is 11.2 Å². The van der Waals surface area contributed by atoms with E-state index < -0.39 is 0 Å². The number of halogens is 1. The highest BCUT2D eigenvalue weighted by molar-refractivity contribution is 5.70. The molecule has 4 nitrogen and oxygen atoms in total. The minimum atomic E-state index is -0.308. The smallest absolute Gasteiger partial charge is 0.410 e. The van der Waals surface area contributed by atoms with Crippen LogP contribution in [0.4, 0.5) is 9.18 Å². The Hall–Kier alpha value is -2.40. The largest absolute Gasteiger partial charge is 0.446 e. The van der Waals surface area contributed by atoms with Gasteiger partial charge < -0.3 is 10.5 Å². The molecule has 3 atom stereocenters. The summed E-state index contributed by atoms with van der Waals surface area (Å²) in [5.41, 5.74) is 8.91. The van der Waals surface area contributed by atoms with Gasteiger partial charge in [0, 0.05) is 12.5 Å². The number of hydrogen-bond donors (Lipinski definition) is 1. The van der Waals surface area contributed by atoms with E-state index >= 15 is 0 Å². The van der Waals surface area contributed by atoms with Crippen molar-refractivity contribution < 1.29 is 13.9 Å². The van der Waals surface area contributed by atoms with Crippen LogP contribution in [-0.4, -0.2) is 30.2 Å². The fourth-order valence-corrected chi connectivity index (χ4v) is 3.93. The fourth-order valence-electron chi connectivity index (χ4n) is 3.93. The molecule has 0 spiro atoms. The molecule has 1 aliphatic carbocycles. The molecule has 0 bridgehead atoms. The first-order valence-corrected chi connectivity index (χ1v) is 9.18. The molecule has 2 N–H and O–H groups in total. The standard InChI is InChI=1S/C21H23FN2O2/c22-17-8-5-15(6-9-17)20-18-4-2-1-3-14(18)11-12-24(20)21(25)26-19-10-7-16(19)13-23/h1-6,8-9,16,19-20H,7,10-13,23H2/t16-,19+,20+/m1/s1. The summed E-state index contributed by atoms with van der Waals surface area (Å²) in [5, 5.41) is 0. The summed E-state index contributed by atoms with van der Waals surface area (Å²) < 4.78 is 19.1. The molecule has 2 aliphatic rings. The van der Waals surface area contributed by atoms with Gasteiger partial charge in [-0.2, -0.15) is 0 Å². The number of nitrogens with two attached hydrogens (primary N) is 1. The zero-order chi connectivity index (χ0) is 18.1. The lowest BCUT2D eigenvalue weighted by Gasteiger charge is -2.40. The van der Waals surface area contributed by atoms with Gasteiger partial charge in [-0.3, -0.25) is 4.90 Å². The van der Waals surface area contributed by atoms with Gasteiger partial charge in [-0.15, -0.1) is 0 Å². The maximum absolute atomic E-state index is 13.4. The molecule has 2 aromatic rings. The second-order valence-electron chi connectivity index (χ2n) is 7.09. The molecule has 0 radical (unpaired) electrons. The lowest BCUT2D eigenvalue weighted by molar-refractivity contribution is -0.0165. The highest BCUT2D eigenvalue weighted by atomic mass is 19.1. The van der Waals surface area contributed by atoms with Gasteiger partial charge in [0.15, 0.2) is 0 Å². The fraction of sp³-hybridized carbons (Fsp3) is 0.381. The number of hydrogen-bond acceptors (Lipinski definition) is 3. The van der Waals surface area contributed by atoms with Crippen molar-refractivity contribution in [2.75, 3.05) is 13.1 Å². The van der Waals surface area contributed by atoms with Crippen molar-refractivity contribution >= 4 is 6.09 Å². The Bertz CT molecular complexity index is 791. The van der Waals surface area contributed by atoms with Crippen LogP contribution in [0.25, 0.3) is 0 Å². The number of benzene rings is 2. The first-order valence-electron chi connectivity index (χ1n) is 9.18. The van der Waals surface area contributed by atoms with Crippen molar-refractivity contribution in [2.45, 2.75) is 31.4 Å². The van der Waals surface area contributed by atoms with Gasteiger partial charge in [-0.1, -0.05) is 36.4 Å². The van der Waals surface area contributed by atoms with Gasteiger partial charge in [0.25, 0.3) is 0 Å². The average molecular weight is 354 g/mol. The molecule has 1 fully saturated rings. The molecule has 1 saturated carbocycles. The van der Waals surface area contributed by atoms with Crippen LogP contribution in [0.3, 0.4) is 0 Å². The summed E-state index contributed by atoms with van der Waals surface area (Å²) in [5.74, 6) is -0.0208. The van der Waals surface area contributed by atoms with Crippen LogP contribution < -0.4 is 5.73 Å². The van der Waals surface area contributed by atoms with E-state index in [1.165, 1.54) is 17.7 Å². The molecule has 26 heavy (non-hydrogen) atoms. The third-order valence-corrected chi connectivity index (χ3v) is 5.61. The van der Waals surface area contributed by atoms with E-state index in [1.54, 1.807) is 17.0 Å². The molecule has 0 unspecified atom stereocenters. The van der Waals surface area contributed by atoms with Gasteiger partial charge in [-0.25, -0.2) is 9.18 Å². The number of nitrogens with zero attached hydrogens (tertiary/aromatic N) is 1. The molecule has 1 amide bonds. The summed E-state index contributed by atoms with van der Waals surface area (Å²) >= 11 is 0. The molecule has 0 aromatic heterocycles. The Morgan fingerprint density at radius 3 is 2.62 bits per heavy atom. The van der Waals surface area contributed by atoms with Crippen LogP contribution in [0.2, 0.25) is 0 Å². The average Bonchev–Trinajstić information content (AvgIpc) is 2.65. The molecule has 1 heterocycles. The summed E-state index contributed by atoms with van der Waals surface area (Å²) in [6, 6.07) is 14.2. The number of fused-ring (bicyclic) bond motifs is 1. The van der Waals surface area contributed by atoms with Crippen molar-refractivity contribution in [3.8, 4) is 0 Å². The van der Waals surface area contributed by atoms with Crippen molar-refractivity contribution in [1.82, 2.24) is 4.90 Å². The number of carbonyl (C=O) groups excluding carboxylic acids is 1. The zero-order valence-electron chi connectivity index (χ0n) is 14.6. The molecule has 136 valence electrons. The van der Waals surface area contributed by atoms with E-state index in [2.05, 4.69) is 6.07 Å². The van der Waals surface area contributed by atoms with Crippen molar-refractivity contribution in [3.63, 3.8) is 0 Å². The van der Waals surface area contributed by atoms with Crippen LogP contribution in [0.5, 0.6) is 0 Å². The minimum Gasteiger partial charge on any atom is -0.446 e. The van der Waals surface area contributed by atoms with Crippen molar-refractivity contribution in [2.24, 2.45) is 11.7 Å². The number of amides is 1. The highest BCUT2D eigenvalue weighted by Crippen LogP contribution is 2.37. The zero-order valence-corrected chi connectivity index (χ0v) is 14.6. The van der Waals surface area contributed by atoms with Gasteiger partial charge in [0.05, 0.1) is 6.04 Å². The third kappa shape index (κ3) is 3.07. The number of carbonyl (C=O) groups is 1. The van der Waals surface area contributed by atoms with Crippen LogP contribution in [0.1, 0.15) is 35.6 Å². The Morgan fingerprint density at radius 1 is 1.15 bits per heavy atom. The lowest BCUT2D eigenvalue weighted by Crippen LogP contribution is -2.46. The Balaban J connectivity index is 1.64. The van der Waals surface area contributed by atoms with E-state index in [1.807, 2.05) is 18.2 Å². The quantitative estimate of drug-likeness (QED) is 0.915. The minimum absolute atomic E-state index is 0.0847. The first-order chi connectivity index (χ1) is 12.7. The number of rotatable bonds is 3. The summed E-state index contributed by atoms with van der Waals surface area (Å²) in [4.78, 5) is 14.7. The van der Waals surface area contributed by atoms with Crippen LogP contribution in [0.15, 0.2) is 48.5 Å². The predicted molar refractivity (Wildman–Crippen MR) is 97.1 cm³/mol. The van der Waals surface area contributed by atoms with Crippen LogP contribution >= 0.6 is 0 Å². The van der Waals surface area contributed by atoms with Crippen LogP contribution in [0, 0.1) is 11.7 Å². The topological polar surface area (TPSA) is 55.6 Å².